The van der Waals surface area contributed by atoms with Crippen molar-refractivity contribution in [1.29, 1.82) is 0 Å². The Morgan fingerprint density at radius 3 is 1.25 bits per heavy atom. The fraction of sp³-hybridized carbons (Fsp3) is 0.0769. The molecule has 0 saturated carbocycles. The van der Waals surface area contributed by atoms with E-state index in [1.165, 1.54) is 128 Å². The highest BCUT2D eigenvalue weighted by atomic mass is 15.2. The first-order valence-corrected chi connectivity index (χ1v) is 21.0. The summed E-state index contributed by atoms with van der Waals surface area (Å²) in [7, 11) is 0. The number of fused-ring (bicyclic) bond motifs is 12. The smallest absolute Gasteiger partial charge is 0.333 e. The maximum absolute atomic E-state index is 2.68. The molecule has 0 amide bonds. The van der Waals surface area contributed by atoms with Crippen LogP contribution in [0.1, 0.15) is 22.3 Å². The van der Waals surface area contributed by atoms with Gasteiger partial charge in [0.1, 0.15) is 0 Å². The molecule has 274 valence electrons. The molecule has 4 nitrogen and oxygen atoms in total. The van der Waals surface area contributed by atoms with Gasteiger partial charge in [-0.1, -0.05) is 102 Å². The highest BCUT2D eigenvalue weighted by molar-refractivity contribution is 7.05. The first-order chi connectivity index (χ1) is 29.0. The summed E-state index contributed by atoms with van der Waals surface area (Å²) in [5.41, 5.74) is 30.4. The van der Waals surface area contributed by atoms with Crippen LogP contribution >= 0.6 is 0 Å². The highest BCUT2D eigenvalue weighted by Crippen LogP contribution is 2.56. The molecule has 0 spiro atoms. The Balaban J connectivity index is 1.25. The molecule has 0 atom stereocenters. The van der Waals surface area contributed by atoms with Crippen molar-refractivity contribution in [2.45, 2.75) is 27.7 Å². The van der Waals surface area contributed by atoms with Gasteiger partial charge in [-0.2, -0.15) is 0 Å². The summed E-state index contributed by atoms with van der Waals surface area (Å²) in [6, 6.07) is 58.2. The molecule has 59 heavy (non-hydrogen) atoms. The summed E-state index contributed by atoms with van der Waals surface area (Å²) in [6.45, 7) is 9.00. The normalized spacial score (nSPS) is 14.9. The van der Waals surface area contributed by atoms with Crippen LogP contribution in [0, 0.1) is 27.7 Å². The third kappa shape index (κ3) is 3.85. The number of benzene rings is 8. The summed E-state index contributed by atoms with van der Waals surface area (Å²) in [5, 5.41) is 0. The van der Waals surface area contributed by atoms with E-state index in [4.69, 9.17) is 0 Å². The average Bonchev–Trinajstić information content (AvgIpc) is 3.26. The van der Waals surface area contributed by atoms with Crippen LogP contribution in [0.15, 0.2) is 152 Å². The molecule has 0 fully saturated rings. The summed E-state index contributed by atoms with van der Waals surface area (Å²) in [4.78, 5) is 10.7. The van der Waals surface area contributed by atoms with Crippen molar-refractivity contribution < 1.29 is 0 Å². The number of hydrogen-bond acceptors (Lipinski definition) is 4. The van der Waals surface area contributed by atoms with E-state index in [1.807, 2.05) is 0 Å². The first-order valence-electron chi connectivity index (χ1n) is 21.0. The zero-order valence-corrected chi connectivity index (χ0v) is 33.5. The lowest BCUT2D eigenvalue weighted by Crippen LogP contribution is -2.74. The first kappa shape index (κ1) is 32.1. The molecule has 8 aromatic carbocycles. The van der Waals surface area contributed by atoms with E-state index in [1.54, 1.807) is 0 Å². The van der Waals surface area contributed by atoms with Crippen molar-refractivity contribution >= 4 is 116 Å². The van der Waals surface area contributed by atoms with Crippen LogP contribution in [-0.2, 0) is 0 Å². The molecule has 14 rings (SSSR count). The molecule has 0 aliphatic carbocycles. The number of rotatable bonds is 2. The summed E-state index contributed by atoms with van der Waals surface area (Å²) in [5.74, 6) is 0. The number of nitrogens with zero attached hydrogens (tertiary/aromatic N) is 4. The van der Waals surface area contributed by atoms with E-state index in [0.29, 0.717) is 0 Å². The van der Waals surface area contributed by atoms with E-state index in [-0.39, 0.29) is 20.4 Å². The molecular weight excluding hydrogens is 713 g/mol. The molecule has 0 unspecified atom stereocenters. The fourth-order valence-corrected chi connectivity index (χ4v) is 12.0. The lowest BCUT2D eigenvalue weighted by atomic mass is 9.28. The zero-order chi connectivity index (χ0) is 39.0. The van der Waals surface area contributed by atoms with E-state index in [9.17, 15) is 0 Å². The van der Waals surface area contributed by atoms with Crippen molar-refractivity contribution in [2.24, 2.45) is 0 Å². The van der Waals surface area contributed by atoms with Gasteiger partial charge in [-0.05, 0) is 143 Å². The summed E-state index contributed by atoms with van der Waals surface area (Å²) >= 11 is 0. The van der Waals surface area contributed by atoms with Crippen LogP contribution in [0.5, 0.6) is 0 Å². The summed E-state index contributed by atoms with van der Waals surface area (Å²) < 4.78 is 0. The van der Waals surface area contributed by atoms with Crippen molar-refractivity contribution in [3.63, 3.8) is 0 Å². The molecule has 6 heterocycles. The Morgan fingerprint density at radius 1 is 0.339 bits per heavy atom. The van der Waals surface area contributed by atoms with Gasteiger partial charge in [-0.25, -0.2) is 0 Å². The SMILES string of the molecule is Cc1ccc2c(c1)B1c3c4c5c6c7c3N2c2cc(C)ccc2B7c2ccc(C)cc2N6c2ccc(C)cc2B5N(c2ccccc2)c2cccc(c2-4)N1c1ccccc1. The minimum Gasteiger partial charge on any atom is -0.376 e. The molecule has 7 heteroatoms. The molecule has 0 aromatic heterocycles. The van der Waals surface area contributed by atoms with E-state index < -0.39 is 0 Å². The van der Waals surface area contributed by atoms with Crippen molar-refractivity contribution in [1.82, 2.24) is 0 Å². The molecule has 0 bridgehead atoms. The second-order valence-corrected chi connectivity index (χ2v) is 17.6. The predicted molar refractivity (Wildman–Crippen MR) is 252 cm³/mol. The lowest BCUT2D eigenvalue weighted by molar-refractivity contribution is 1.22. The van der Waals surface area contributed by atoms with Gasteiger partial charge in [-0.15, -0.1) is 0 Å². The lowest BCUT2D eigenvalue weighted by Gasteiger charge is -2.56. The number of hydrogen-bond donors (Lipinski definition) is 0. The van der Waals surface area contributed by atoms with Crippen LogP contribution in [0.4, 0.5) is 56.9 Å². The Kier molecular flexibility index (Phi) is 5.99. The van der Waals surface area contributed by atoms with Gasteiger partial charge in [0, 0.05) is 62.4 Å². The van der Waals surface area contributed by atoms with Crippen LogP contribution in [-0.4, -0.2) is 20.4 Å². The molecule has 6 aliphatic rings. The average molecular weight is 750 g/mol. The Hall–Kier alpha value is -6.85. The quantitative estimate of drug-likeness (QED) is 0.167. The van der Waals surface area contributed by atoms with E-state index >= 15 is 0 Å². The van der Waals surface area contributed by atoms with Crippen LogP contribution < -0.4 is 57.7 Å². The second kappa shape index (κ2) is 11.0. The number of para-hydroxylation sites is 2. The monoisotopic (exact) mass is 750 g/mol. The Labute approximate surface area is 346 Å². The van der Waals surface area contributed by atoms with Crippen molar-refractivity contribution in [2.75, 3.05) is 19.4 Å². The number of aryl methyl sites for hydroxylation is 4. The van der Waals surface area contributed by atoms with Crippen LogP contribution in [0.2, 0.25) is 0 Å². The van der Waals surface area contributed by atoms with Gasteiger partial charge in [0.05, 0.1) is 0 Å². The maximum Gasteiger partial charge on any atom is 0.333 e. The molecular formula is C52H37B3N4. The zero-order valence-electron chi connectivity index (χ0n) is 33.5. The third-order valence-corrected chi connectivity index (χ3v) is 14.1. The minimum atomic E-state index is -0.0412. The van der Waals surface area contributed by atoms with Gasteiger partial charge >= 0.3 is 13.7 Å². The Morgan fingerprint density at radius 2 is 0.780 bits per heavy atom. The molecule has 6 aliphatic heterocycles. The van der Waals surface area contributed by atoms with Crippen molar-refractivity contribution in [3.05, 3.63) is 174 Å². The minimum absolute atomic E-state index is 0.0412. The van der Waals surface area contributed by atoms with Crippen LogP contribution in [0.3, 0.4) is 0 Å². The molecule has 0 N–H and O–H groups in total. The predicted octanol–water partition coefficient (Wildman–Crippen LogP) is 7.81. The Bertz CT molecular complexity index is 3010. The van der Waals surface area contributed by atoms with Crippen molar-refractivity contribution in [3.8, 4) is 11.1 Å². The van der Waals surface area contributed by atoms with Gasteiger partial charge < -0.3 is 19.4 Å². The molecule has 0 radical (unpaired) electrons. The third-order valence-electron chi connectivity index (χ3n) is 14.1. The van der Waals surface area contributed by atoms with E-state index in [2.05, 4.69) is 199 Å². The number of anilines is 10. The second-order valence-electron chi connectivity index (χ2n) is 17.6. The summed E-state index contributed by atoms with van der Waals surface area (Å²) in [6.07, 6.45) is 0. The standard InChI is InChI=1S/C52H37B3N4/c1-30-20-24-40-38(26-30)54-48-47-46-42(58(54)34-12-7-5-8-13-34)16-11-17-43(46)59(35-14-9-6-10-15-35)55-39-27-31(2)21-25-41(39)57-45-29-33(4)19-23-37(45)53-36-22-18-32(3)28-44(36)56(40)51(48)50(53)52(57)49(47)55/h5-29H,1-4H3. The largest absolute Gasteiger partial charge is 0.376 e. The van der Waals surface area contributed by atoms with E-state index in [0.717, 1.165) is 0 Å². The van der Waals surface area contributed by atoms with Gasteiger partial charge in [0.15, 0.2) is 0 Å². The highest BCUT2D eigenvalue weighted by Gasteiger charge is 2.58. The van der Waals surface area contributed by atoms with Gasteiger partial charge in [-0.3, -0.25) is 0 Å². The topological polar surface area (TPSA) is 13.0 Å². The molecule has 8 aromatic rings. The molecule has 0 saturated heterocycles. The van der Waals surface area contributed by atoms with Gasteiger partial charge in [0.25, 0.3) is 6.71 Å². The maximum atomic E-state index is 2.68. The van der Waals surface area contributed by atoms with Gasteiger partial charge in [0.2, 0.25) is 0 Å². The van der Waals surface area contributed by atoms with Crippen LogP contribution in [0.25, 0.3) is 11.1 Å². The fourth-order valence-electron chi connectivity index (χ4n) is 12.0.